The third-order valence-corrected chi connectivity index (χ3v) is 7.53. The monoisotopic (exact) mass is 465 g/mol. The number of nitrogens with zero attached hydrogens (tertiary/aromatic N) is 4. The molecule has 1 amide bonds. The van der Waals surface area contributed by atoms with Crippen LogP contribution in [0.2, 0.25) is 0 Å². The average Bonchev–Trinajstić information content (AvgIpc) is 3.20. The van der Waals surface area contributed by atoms with Crippen LogP contribution in [0.25, 0.3) is 11.3 Å². The minimum Gasteiger partial charge on any atom is -0.396 e. The molecule has 3 aromatic rings. The predicted molar refractivity (Wildman–Crippen MR) is 120 cm³/mol. The summed E-state index contributed by atoms with van der Waals surface area (Å²) in [5.74, 6) is -1.63. The van der Waals surface area contributed by atoms with Crippen LogP contribution in [-0.4, -0.2) is 44.3 Å². The van der Waals surface area contributed by atoms with E-state index in [-0.39, 0.29) is 40.8 Å². The standard InChI is InChI=1S/C25H25F2N5O2/c1-24(2)15-7-8-25(24,20-13-28-12-19(30-20)23(34)29-9-4-10-33)22-14(15)11-18(31-32-22)21-16(26)5-3-6-17(21)27/h3,5-6,11-13,15,33H,4,7-10H2,1-2H3,(H,29,34)/t15-,25-/m0/s1. The summed E-state index contributed by atoms with van der Waals surface area (Å²) in [6, 6.07) is 5.48. The summed E-state index contributed by atoms with van der Waals surface area (Å²) in [5, 5.41) is 20.4. The zero-order chi connectivity index (χ0) is 24.1. The Morgan fingerprint density at radius 2 is 1.97 bits per heavy atom. The molecule has 1 aromatic carbocycles. The van der Waals surface area contributed by atoms with Crippen LogP contribution in [0.15, 0.2) is 36.7 Å². The van der Waals surface area contributed by atoms with Gasteiger partial charge in [-0.25, -0.2) is 13.8 Å². The zero-order valence-corrected chi connectivity index (χ0v) is 19.0. The lowest BCUT2D eigenvalue weighted by molar-refractivity contribution is 0.0944. The van der Waals surface area contributed by atoms with Gasteiger partial charge in [0.05, 0.1) is 34.3 Å². The van der Waals surface area contributed by atoms with E-state index in [1.165, 1.54) is 24.4 Å². The average molecular weight is 466 g/mol. The first-order valence-electron chi connectivity index (χ1n) is 11.4. The molecular formula is C25H25F2N5O2. The first-order valence-corrected chi connectivity index (χ1v) is 11.4. The lowest BCUT2D eigenvalue weighted by Gasteiger charge is -2.37. The zero-order valence-electron chi connectivity index (χ0n) is 19.0. The van der Waals surface area contributed by atoms with Gasteiger partial charge < -0.3 is 10.4 Å². The maximum atomic E-state index is 14.4. The maximum absolute atomic E-state index is 14.4. The molecule has 2 aromatic heterocycles. The Labute approximate surface area is 195 Å². The van der Waals surface area contributed by atoms with Gasteiger partial charge in [0.2, 0.25) is 0 Å². The highest BCUT2D eigenvalue weighted by Crippen LogP contribution is 2.69. The van der Waals surface area contributed by atoms with Crippen molar-refractivity contribution in [3.05, 3.63) is 70.9 Å². The van der Waals surface area contributed by atoms with E-state index in [9.17, 15) is 13.6 Å². The van der Waals surface area contributed by atoms with Gasteiger partial charge in [-0.3, -0.25) is 9.78 Å². The van der Waals surface area contributed by atoms with E-state index in [4.69, 9.17) is 5.11 Å². The van der Waals surface area contributed by atoms with Crippen LogP contribution < -0.4 is 5.32 Å². The van der Waals surface area contributed by atoms with E-state index in [0.29, 0.717) is 18.7 Å². The molecule has 0 saturated heterocycles. The van der Waals surface area contributed by atoms with E-state index >= 15 is 0 Å². The van der Waals surface area contributed by atoms with E-state index in [2.05, 4.69) is 39.3 Å². The number of hydrogen-bond donors (Lipinski definition) is 2. The lowest BCUT2D eigenvalue weighted by Crippen LogP contribution is -2.38. The van der Waals surface area contributed by atoms with Crippen LogP contribution in [0, 0.1) is 17.0 Å². The summed E-state index contributed by atoms with van der Waals surface area (Å²) in [7, 11) is 0. The van der Waals surface area contributed by atoms with Gasteiger partial charge in [-0.1, -0.05) is 19.9 Å². The van der Waals surface area contributed by atoms with E-state index in [1.54, 1.807) is 12.3 Å². The number of aliphatic hydroxyl groups excluding tert-OH is 1. The Hall–Kier alpha value is -3.33. The van der Waals surface area contributed by atoms with Crippen LogP contribution in [0.3, 0.4) is 0 Å². The number of aliphatic hydroxyl groups is 1. The number of aromatic nitrogens is 4. The van der Waals surface area contributed by atoms with Crippen molar-refractivity contribution in [2.75, 3.05) is 13.2 Å². The number of halogens is 2. The predicted octanol–water partition coefficient (Wildman–Crippen LogP) is 3.53. The molecule has 9 heteroatoms. The highest BCUT2D eigenvalue weighted by molar-refractivity contribution is 5.92. The number of amides is 1. The van der Waals surface area contributed by atoms with Crippen LogP contribution in [-0.2, 0) is 5.41 Å². The van der Waals surface area contributed by atoms with Gasteiger partial charge in [0.15, 0.2) is 0 Å². The quantitative estimate of drug-likeness (QED) is 0.540. The van der Waals surface area contributed by atoms with Crippen LogP contribution >= 0.6 is 0 Å². The lowest BCUT2D eigenvalue weighted by atomic mass is 9.66. The van der Waals surface area contributed by atoms with Crippen molar-refractivity contribution in [3.8, 4) is 11.3 Å². The molecule has 5 rings (SSSR count). The Bertz CT molecular complexity index is 1260. The molecule has 2 atom stereocenters. The third-order valence-electron chi connectivity index (χ3n) is 7.53. The SMILES string of the molecule is CC1(C)[C@H]2CC[C@]1(c1cncc(C(=O)NCCCO)n1)c1nnc(-c3c(F)cccc3F)cc12. The van der Waals surface area contributed by atoms with Gasteiger partial charge in [0.1, 0.15) is 17.3 Å². The number of benzene rings is 1. The van der Waals surface area contributed by atoms with Crippen molar-refractivity contribution in [1.29, 1.82) is 0 Å². The summed E-state index contributed by atoms with van der Waals surface area (Å²) in [4.78, 5) is 21.5. The topological polar surface area (TPSA) is 101 Å². The van der Waals surface area contributed by atoms with Crippen molar-refractivity contribution >= 4 is 5.91 Å². The molecule has 2 aliphatic carbocycles. The molecule has 34 heavy (non-hydrogen) atoms. The van der Waals surface area contributed by atoms with Crippen molar-refractivity contribution < 1.29 is 18.7 Å². The number of nitrogens with one attached hydrogen (secondary N) is 1. The summed E-state index contributed by atoms with van der Waals surface area (Å²) in [6.45, 7) is 4.58. The fourth-order valence-electron chi connectivity index (χ4n) is 5.81. The Morgan fingerprint density at radius 3 is 2.71 bits per heavy atom. The molecule has 176 valence electrons. The Kier molecular flexibility index (Phi) is 5.39. The molecule has 2 heterocycles. The number of rotatable bonds is 6. The molecule has 1 saturated carbocycles. The summed E-state index contributed by atoms with van der Waals surface area (Å²) >= 11 is 0. The van der Waals surface area contributed by atoms with Gasteiger partial charge in [-0.05, 0) is 54.4 Å². The Morgan fingerprint density at radius 1 is 1.21 bits per heavy atom. The van der Waals surface area contributed by atoms with Gasteiger partial charge in [-0.15, -0.1) is 5.10 Å². The van der Waals surface area contributed by atoms with Gasteiger partial charge in [0, 0.05) is 19.3 Å². The molecule has 0 aliphatic heterocycles. The van der Waals surface area contributed by atoms with Crippen LogP contribution in [0.5, 0.6) is 0 Å². The normalized spacial score (nSPS) is 22.0. The fraction of sp³-hybridized carbons (Fsp3) is 0.400. The molecule has 7 nitrogen and oxygen atoms in total. The summed E-state index contributed by atoms with van der Waals surface area (Å²) in [6.07, 6.45) is 5.13. The van der Waals surface area contributed by atoms with Gasteiger partial charge in [-0.2, -0.15) is 5.10 Å². The van der Waals surface area contributed by atoms with E-state index in [0.717, 1.165) is 24.1 Å². The van der Waals surface area contributed by atoms with Gasteiger partial charge in [0.25, 0.3) is 5.91 Å². The van der Waals surface area contributed by atoms with Crippen molar-refractivity contribution in [2.45, 2.75) is 44.4 Å². The second-order valence-corrected chi connectivity index (χ2v) is 9.47. The smallest absolute Gasteiger partial charge is 0.271 e. The van der Waals surface area contributed by atoms with Crippen molar-refractivity contribution in [1.82, 2.24) is 25.5 Å². The molecule has 2 aliphatic rings. The van der Waals surface area contributed by atoms with Crippen molar-refractivity contribution in [3.63, 3.8) is 0 Å². The van der Waals surface area contributed by atoms with Crippen LogP contribution in [0.1, 0.15) is 66.5 Å². The molecule has 2 N–H and O–H groups in total. The highest BCUT2D eigenvalue weighted by atomic mass is 19.1. The van der Waals surface area contributed by atoms with Crippen molar-refractivity contribution in [2.24, 2.45) is 5.41 Å². The van der Waals surface area contributed by atoms with E-state index < -0.39 is 17.0 Å². The maximum Gasteiger partial charge on any atom is 0.271 e. The largest absolute Gasteiger partial charge is 0.396 e. The number of carbonyl (C=O) groups is 1. The third kappa shape index (κ3) is 3.14. The molecule has 0 unspecified atom stereocenters. The minimum absolute atomic E-state index is 0.0150. The van der Waals surface area contributed by atoms with E-state index in [1.807, 2.05) is 0 Å². The fourth-order valence-corrected chi connectivity index (χ4v) is 5.81. The Balaban J connectivity index is 1.59. The molecule has 0 radical (unpaired) electrons. The first-order chi connectivity index (χ1) is 16.3. The molecule has 2 bridgehead atoms. The van der Waals surface area contributed by atoms with Crippen LogP contribution in [0.4, 0.5) is 8.78 Å². The molecular weight excluding hydrogens is 440 g/mol. The molecule has 0 spiro atoms. The number of carbonyl (C=O) groups excluding carboxylic acids is 1. The number of fused-ring (bicyclic) bond motifs is 5. The number of hydrogen-bond acceptors (Lipinski definition) is 6. The highest BCUT2D eigenvalue weighted by Gasteiger charge is 2.65. The summed E-state index contributed by atoms with van der Waals surface area (Å²) < 4.78 is 28.8. The second-order valence-electron chi connectivity index (χ2n) is 9.47. The minimum atomic E-state index is -0.683. The molecule has 1 fully saturated rings. The summed E-state index contributed by atoms with van der Waals surface area (Å²) in [5.41, 5.74) is 1.48. The first kappa shape index (κ1) is 22.5. The second kappa shape index (κ2) is 8.16. The van der Waals surface area contributed by atoms with Gasteiger partial charge >= 0.3 is 0 Å².